The molecule has 0 radical (unpaired) electrons. The summed E-state index contributed by atoms with van der Waals surface area (Å²) < 4.78 is 45.0. The highest BCUT2D eigenvalue weighted by Gasteiger charge is 2.27. The van der Waals surface area contributed by atoms with Crippen LogP contribution in [0.1, 0.15) is 13.8 Å². The Morgan fingerprint density at radius 1 is 1.19 bits per heavy atom. The van der Waals surface area contributed by atoms with Gasteiger partial charge in [0.05, 0.1) is 20.3 Å². The van der Waals surface area contributed by atoms with Crippen LogP contribution in [0.15, 0.2) is 17.0 Å². The van der Waals surface area contributed by atoms with Gasteiger partial charge < -0.3 is 14.2 Å². The Kier molecular flexibility index (Phi) is 5.88. The molecule has 0 heterocycles. The summed E-state index contributed by atoms with van der Waals surface area (Å²) in [7, 11) is -1.23. The van der Waals surface area contributed by atoms with Crippen molar-refractivity contribution in [1.29, 1.82) is 0 Å². The summed E-state index contributed by atoms with van der Waals surface area (Å²) in [6.07, 6.45) is 4.65. The molecule has 0 aliphatic rings. The van der Waals surface area contributed by atoms with Crippen molar-refractivity contribution in [3.8, 4) is 29.6 Å². The molecule has 0 unspecified atom stereocenters. The van der Waals surface area contributed by atoms with Gasteiger partial charge in [0.1, 0.15) is 11.5 Å². The van der Waals surface area contributed by atoms with E-state index in [1.54, 1.807) is 13.8 Å². The van der Waals surface area contributed by atoms with E-state index in [2.05, 4.69) is 5.92 Å². The van der Waals surface area contributed by atoms with Crippen LogP contribution in [0.2, 0.25) is 0 Å². The fourth-order valence-electron chi connectivity index (χ4n) is 1.63. The zero-order chi connectivity index (χ0) is 16.0. The Balaban J connectivity index is 3.44. The van der Waals surface area contributed by atoms with Crippen molar-refractivity contribution in [2.45, 2.75) is 24.8 Å². The van der Waals surface area contributed by atoms with Gasteiger partial charge in [0, 0.05) is 0 Å². The smallest absolute Gasteiger partial charge is 0.301 e. The van der Waals surface area contributed by atoms with E-state index < -0.39 is 16.2 Å². The van der Waals surface area contributed by atoms with Crippen molar-refractivity contribution in [1.82, 2.24) is 0 Å². The van der Waals surface area contributed by atoms with Gasteiger partial charge in [-0.2, -0.15) is 8.42 Å². The summed E-state index contributed by atoms with van der Waals surface area (Å²) in [5, 5.41) is 0. The van der Waals surface area contributed by atoms with E-state index >= 15 is 0 Å². The molecular formula is C14H18O6S. The van der Waals surface area contributed by atoms with Crippen molar-refractivity contribution in [3.63, 3.8) is 0 Å². The van der Waals surface area contributed by atoms with E-state index in [-0.39, 0.29) is 23.0 Å². The van der Waals surface area contributed by atoms with Crippen molar-refractivity contribution < 1.29 is 26.8 Å². The Labute approximate surface area is 125 Å². The molecule has 0 bridgehead atoms. The molecule has 0 amide bonds. The first-order valence-corrected chi connectivity index (χ1v) is 7.52. The summed E-state index contributed by atoms with van der Waals surface area (Å²) in [4.78, 5) is -0.147. The van der Waals surface area contributed by atoms with Crippen molar-refractivity contribution in [2.75, 3.05) is 20.8 Å². The lowest BCUT2D eigenvalue weighted by atomic mass is 10.3. The van der Waals surface area contributed by atoms with E-state index in [4.69, 9.17) is 24.8 Å². The maximum Gasteiger partial charge on any atom is 0.301 e. The van der Waals surface area contributed by atoms with E-state index in [1.807, 2.05) is 0 Å². The Bertz CT molecular complexity index is 628. The Morgan fingerprint density at radius 3 is 2.33 bits per heavy atom. The summed E-state index contributed by atoms with van der Waals surface area (Å²) in [5.74, 6) is 2.71. The highest BCUT2D eigenvalue weighted by molar-refractivity contribution is 7.86. The molecule has 0 aliphatic carbocycles. The number of ether oxygens (including phenoxy) is 3. The molecule has 1 aromatic rings. The van der Waals surface area contributed by atoms with Gasteiger partial charge in [0.15, 0.2) is 11.5 Å². The zero-order valence-corrected chi connectivity index (χ0v) is 13.2. The van der Waals surface area contributed by atoms with Gasteiger partial charge in [0.2, 0.25) is 5.75 Å². The number of hydrogen-bond donors (Lipinski definition) is 0. The van der Waals surface area contributed by atoms with Gasteiger partial charge in [-0.25, -0.2) is 0 Å². The fraction of sp³-hybridized carbons (Fsp3) is 0.429. The standard InChI is InChI=1S/C14H18O6S/c1-6-9-19-13-11(17-4)7-8-12(14(13)18-5)21(15,16)20-10(2)3/h1,7-8,10H,9H2,2-5H3. The van der Waals surface area contributed by atoms with Crippen LogP contribution in [-0.2, 0) is 14.3 Å². The van der Waals surface area contributed by atoms with Crippen LogP contribution < -0.4 is 14.2 Å². The molecule has 1 rings (SSSR count). The number of terminal acetylenes is 1. The molecule has 0 N–H and O–H groups in total. The minimum atomic E-state index is -3.99. The second-order valence-corrected chi connectivity index (χ2v) is 5.76. The number of benzene rings is 1. The van der Waals surface area contributed by atoms with E-state index in [0.717, 1.165) is 0 Å². The maximum absolute atomic E-state index is 12.2. The third-order valence-electron chi connectivity index (χ3n) is 2.35. The molecule has 0 fully saturated rings. The van der Waals surface area contributed by atoms with Crippen LogP contribution in [0.4, 0.5) is 0 Å². The van der Waals surface area contributed by atoms with Crippen molar-refractivity contribution in [2.24, 2.45) is 0 Å². The molecule has 0 aliphatic heterocycles. The predicted octanol–water partition coefficient (Wildman–Crippen LogP) is 1.83. The summed E-state index contributed by atoms with van der Waals surface area (Å²) in [6.45, 7) is 3.17. The maximum atomic E-state index is 12.2. The molecule has 0 saturated heterocycles. The lowest BCUT2D eigenvalue weighted by molar-refractivity contribution is 0.246. The second-order valence-electron chi connectivity index (χ2n) is 4.22. The lowest BCUT2D eigenvalue weighted by Gasteiger charge is -2.17. The number of rotatable bonds is 7. The van der Waals surface area contributed by atoms with Gasteiger partial charge in [-0.1, -0.05) is 5.92 Å². The molecular weight excluding hydrogens is 296 g/mol. The average molecular weight is 314 g/mol. The number of methoxy groups -OCH3 is 2. The summed E-state index contributed by atoms with van der Waals surface area (Å²) in [5.41, 5.74) is 0. The quantitative estimate of drug-likeness (QED) is 0.565. The van der Waals surface area contributed by atoms with E-state index in [0.29, 0.717) is 5.75 Å². The first-order valence-electron chi connectivity index (χ1n) is 6.11. The highest BCUT2D eigenvalue weighted by atomic mass is 32.2. The minimum Gasteiger partial charge on any atom is -0.493 e. The summed E-state index contributed by atoms with van der Waals surface area (Å²) >= 11 is 0. The largest absolute Gasteiger partial charge is 0.493 e. The van der Waals surface area contributed by atoms with Crippen LogP contribution >= 0.6 is 0 Å². The highest BCUT2D eigenvalue weighted by Crippen LogP contribution is 2.42. The van der Waals surface area contributed by atoms with E-state index in [9.17, 15) is 8.42 Å². The Morgan fingerprint density at radius 2 is 1.86 bits per heavy atom. The molecule has 0 aromatic heterocycles. The average Bonchev–Trinajstić information content (AvgIpc) is 2.42. The van der Waals surface area contributed by atoms with Crippen LogP contribution in [0.5, 0.6) is 17.2 Å². The minimum absolute atomic E-state index is 0.00903. The predicted molar refractivity (Wildman–Crippen MR) is 77.3 cm³/mol. The molecule has 116 valence electrons. The number of hydrogen-bond acceptors (Lipinski definition) is 6. The van der Waals surface area contributed by atoms with Crippen molar-refractivity contribution in [3.05, 3.63) is 12.1 Å². The topological polar surface area (TPSA) is 71.1 Å². The van der Waals surface area contributed by atoms with Crippen LogP contribution in [0.25, 0.3) is 0 Å². The van der Waals surface area contributed by atoms with Gasteiger partial charge in [-0.05, 0) is 26.0 Å². The van der Waals surface area contributed by atoms with Crippen molar-refractivity contribution >= 4 is 10.1 Å². The first-order chi connectivity index (χ1) is 9.87. The van der Waals surface area contributed by atoms with Crippen LogP contribution in [-0.4, -0.2) is 35.3 Å². The third kappa shape index (κ3) is 4.03. The lowest BCUT2D eigenvalue weighted by Crippen LogP contribution is -2.14. The second kappa shape index (κ2) is 7.20. The molecule has 0 saturated carbocycles. The van der Waals surface area contributed by atoms with Crippen LogP contribution in [0.3, 0.4) is 0 Å². The monoisotopic (exact) mass is 314 g/mol. The third-order valence-corrected chi connectivity index (χ3v) is 3.85. The van der Waals surface area contributed by atoms with Gasteiger partial charge in [-0.3, -0.25) is 4.18 Å². The molecule has 6 nitrogen and oxygen atoms in total. The van der Waals surface area contributed by atoms with E-state index in [1.165, 1.54) is 26.4 Å². The summed E-state index contributed by atoms with van der Waals surface area (Å²) in [6, 6.07) is 2.78. The van der Waals surface area contributed by atoms with Gasteiger partial charge in [0.25, 0.3) is 0 Å². The zero-order valence-electron chi connectivity index (χ0n) is 12.4. The molecule has 7 heteroatoms. The Hall–Kier alpha value is -1.91. The molecule has 0 spiro atoms. The molecule has 1 aromatic carbocycles. The SMILES string of the molecule is C#CCOc1c(OC)ccc(S(=O)(=O)OC(C)C)c1OC. The first kappa shape index (κ1) is 17.1. The molecule has 21 heavy (non-hydrogen) atoms. The van der Waals surface area contributed by atoms with Crippen LogP contribution in [0, 0.1) is 12.3 Å². The fourth-order valence-corrected chi connectivity index (χ4v) is 2.88. The normalized spacial score (nSPS) is 11.0. The van der Waals surface area contributed by atoms with Gasteiger partial charge in [-0.15, -0.1) is 6.42 Å². The van der Waals surface area contributed by atoms with Gasteiger partial charge >= 0.3 is 10.1 Å². The molecule has 0 atom stereocenters.